The Morgan fingerprint density at radius 3 is 2.37 bits per heavy atom. The summed E-state index contributed by atoms with van der Waals surface area (Å²) >= 11 is 0. The second-order valence-electron chi connectivity index (χ2n) is 3.89. The van der Waals surface area contributed by atoms with Crippen LogP contribution in [0.25, 0.3) is 0 Å². The lowest BCUT2D eigenvalue weighted by atomic mass is 10.0. The molecule has 0 radical (unpaired) electrons. The summed E-state index contributed by atoms with van der Waals surface area (Å²) < 4.78 is 1.81. The number of halogens is 1. The Bertz CT molecular complexity index is 612. The van der Waals surface area contributed by atoms with Gasteiger partial charge in [-0.25, -0.2) is 4.57 Å². The first-order chi connectivity index (χ1) is 8.58. The van der Waals surface area contributed by atoms with Crippen LogP contribution < -0.4 is 28.5 Å². The summed E-state index contributed by atoms with van der Waals surface area (Å²) in [6.45, 7) is 0. The highest BCUT2D eigenvalue weighted by Crippen LogP contribution is 2.16. The van der Waals surface area contributed by atoms with Crippen LogP contribution in [0.15, 0.2) is 48.8 Å². The predicted molar refractivity (Wildman–Crippen MR) is 64.1 cm³/mol. The van der Waals surface area contributed by atoms with E-state index in [1.165, 1.54) is 18.2 Å². The second-order valence-corrected chi connectivity index (χ2v) is 3.89. The van der Waals surface area contributed by atoms with Gasteiger partial charge in [-0.15, -0.1) is 0 Å². The van der Waals surface area contributed by atoms with Crippen molar-refractivity contribution in [3.63, 3.8) is 0 Å². The zero-order valence-corrected chi connectivity index (χ0v) is 12.3. The Morgan fingerprint density at radius 1 is 1.16 bits per heavy atom. The number of non-ortho nitro benzene ring substituents is 1. The van der Waals surface area contributed by atoms with Gasteiger partial charge >= 0.3 is 0 Å². The highest BCUT2D eigenvalue weighted by Gasteiger charge is 2.13. The Balaban J connectivity index is 0.00000180. The minimum atomic E-state index is -0.512. The molecule has 1 heterocycles. The first-order valence-electron chi connectivity index (χ1n) is 5.32. The Kier molecular flexibility index (Phi) is 5.11. The van der Waals surface area contributed by atoms with E-state index in [0.717, 1.165) is 0 Å². The normalized spacial score (nSPS) is 9.53. The topological polar surface area (TPSA) is 64.1 Å². The number of nitro groups is 1. The van der Waals surface area contributed by atoms with E-state index in [0.29, 0.717) is 11.1 Å². The molecule has 98 valence electrons. The minimum Gasteiger partial charge on any atom is -1.00 e. The maximum atomic E-state index is 12.1. The van der Waals surface area contributed by atoms with Crippen LogP contribution in [0.3, 0.4) is 0 Å². The highest BCUT2D eigenvalue weighted by molar-refractivity contribution is 6.09. The van der Waals surface area contributed by atoms with E-state index in [1.807, 2.05) is 11.6 Å². The molecule has 0 aliphatic rings. The minimum absolute atomic E-state index is 0. The summed E-state index contributed by atoms with van der Waals surface area (Å²) in [5.74, 6) is -0.223. The zero-order valence-electron chi connectivity index (χ0n) is 10.1. The SMILES string of the molecule is C[n+]1ccc(C(=O)c2cccc([N+](=O)[O-])c2)cc1.[I-]. The third-order valence-electron chi connectivity index (χ3n) is 2.56. The average molecular weight is 370 g/mol. The summed E-state index contributed by atoms with van der Waals surface area (Å²) in [7, 11) is 1.85. The van der Waals surface area contributed by atoms with E-state index in [4.69, 9.17) is 0 Å². The molecular weight excluding hydrogens is 359 g/mol. The Morgan fingerprint density at radius 2 is 1.79 bits per heavy atom. The van der Waals surface area contributed by atoms with E-state index in [-0.39, 0.29) is 35.4 Å². The fourth-order valence-corrected chi connectivity index (χ4v) is 1.58. The van der Waals surface area contributed by atoms with Gasteiger partial charge < -0.3 is 24.0 Å². The molecule has 0 saturated carbocycles. The van der Waals surface area contributed by atoms with E-state index in [9.17, 15) is 14.9 Å². The molecule has 0 N–H and O–H groups in total. The van der Waals surface area contributed by atoms with Crippen LogP contribution in [-0.2, 0) is 7.05 Å². The van der Waals surface area contributed by atoms with Crippen LogP contribution in [0, 0.1) is 10.1 Å². The maximum absolute atomic E-state index is 12.1. The number of hydrogen-bond acceptors (Lipinski definition) is 3. The van der Waals surface area contributed by atoms with Crippen LogP contribution in [-0.4, -0.2) is 10.7 Å². The molecule has 0 spiro atoms. The number of rotatable bonds is 3. The van der Waals surface area contributed by atoms with Gasteiger partial charge in [-0.1, -0.05) is 12.1 Å². The summed E-state index contributed by atoms with van der Waals surface area (Å²) in [5, 5.41) is 10.6. The number of aromatic nitrogens is 1. The van der Waals surface area contributed by atoms with Crippen molar-refractivity contribution in [1.29, 1.82) is 0 Å². The third kappa shape index (κ3) is 3.57. The van der Waals surface area contributed by atoms with Crippen LogP contribution in [0.5, 0.6) is 0 Å². The maximum Gasteiger partial charge on any atom is 0.270 e. The molecule has 2 aromatic rings. The molecule has 6 heteroatoms. The summed E-state index contributed by atoms with van der Waals surface area (Å²) in [6, 6.07) is 9.09. The summed E-state index contributed by atoms with van der Waals surface area (Å²) in [5.41, 5.74) is 0.744. The summed E-state index contributed by atoms with van der Waals surface area (Å²) in [4.78, 5) is 22.2. The molecule has 0 amide bonds. The number of pyridine rings is 1. The average Bonchev–Trinajstić information content (AvgIpc) is 2.39. The molecule has 2 rings (SSSR count). The van der Waals surface area contributed by atoms with Gasteiger partial charge in [0, 0.05) is 35.4 Å². The van der Waals surface area contributed by atoms with Gasteiger partial charge in [-0.2, -0.15) is 0 Å². The smallest absolute Gasteiger partial charge is 0.270 e. The van der Waals surface area contributed by atoms with Gasteiger partial charge in [0.25, 0.3) is 5.69 Å². The van der Waals surface area contributed by atoms with Crippen molar-refractivity contribution < 1.29 is 38.3 Å². The first kappa shape index (κ1) is 15.2. The van der Waals surface area contributed by atoms with Crippen LogP contribution >= 0.6 is 0 Å². The summed E-state index contributed by atoms with van der Waals surface area (Å²) in [6.07, 6.45) is 3.51. The molecule has 0 fully saturated rings. The van der Waals surface area contributed by atoms with Crippen molar-refractivity contribution in [3.8, 4) is 0 Å². The number of aryl methyl sites for hydroxylation is 1. The molecule has 0 bridgehead atoms. The number of nitro benzene ring substituents is 1. The van der Waals surface area contributed by atoms with Crippen molar-refractivity contribution in [3.05, 3.63) is 70.0 Å². The van der Waals surface area contributed by atoms with Crippen LogP contribution in [0.2, 0.25) is 0 Å². The van der Waals surface area contributed by atoms with Crippen molar-refractivity contribution in [2.45, 2.75) is 0 Å². The molecule has 0 aliphatic heterocycles. The van der Waals surface area contributed by atoms with E-state index in [1.54, 1.807) is 30.6 Å². The van der Waals surface area contributed by atoms with Crippen molar-refractivity contribution in [2.75, 3.05) is 0 Å². The Hall–Kier alpha value is -1.83. The molecule has 5 nitrogen and oxygen atoms in total. The number of benzene rings is 1. The standard InChI is InChI=1S/C13H11N2O3.HI/c1-14-7-5-10(6-8-14)13(16)11-3-2-4-12(9-11)15(17)18;/h2-9H,1H3;1H/q+1;/p-1. The fourth-order valence-electron chi connectivity index (χ4n) is 1.58. The van der Waals surface area contributed by atoms with Gasteiger partial charge in [0.2, 0.25) is 0 Å². The number of nitrogens with zero attached hydrogens (tertiary/aromatic N) is 2. The molecule has 0 unspecified atom stereocenters. The van der Waals surface area contributed by atoms with E-state index in [2.05, 4.69) is 0 Å². The van der Waals surface area contributed by atoms with Gasteiger partial charge in [0.05, 0.1) is 4.92 Å². The molecule has 1 aromatic carbocycles. The van der Waals surface area contributed by atoms with Gasteiger partial charge in [-0.05, 0) is 0 Å². The molecule has 0 saturated heterocycles. The van der Waals surface area contributed by atoms with Crippen molar-refractivity contribution in [2.24, 2.45) is 7.05 Å². The van der Waals surface area contributed by atoms with E-state index >= 15 is 0 Å². The Labute approximate surface area is 127 Å². The number of carbonyl (C=O) groups excluding carboxylic acids is 1. The first-order valence-corrected chi connectivity index (χ1v) is 5.32. The van der Waals surface area contributed by atoms with Gasteiger partial charge in [0.15, 0.2) is 18.2 Å². The molecular formula is C13H11IN2O3. The van der Waals surface area contributed by atoms with Crippen molar-refractivity contribution in [1.82, 2.24) is 0 Å². The zero-order chi connectivity index (χ0) is 13.1. The second kappa shape index (κ2) is 6.37. The largest absolute Gasteiger partial charge is 1.00 e. The number of carbonyl (C=O) groups is 1. The predicted octanol–water partition coefficient (Wildman–Crippen LogP) is -1.35. The van der Waals surface area contributed by atoms with Gasteiger partial charge in [0.1, 0.15) is 7.05 Å². The highest BCUT2D eigenvalue weighted by atomic mass is 127. The molecule has 0 atom stereocenters. The molecule has 19 heavy (non-hydrogen) atoms. The lowest BCUT2D eigenvalue weighted by Crippen LogP contribution is -3.00. The lowest BCUT2D eigenvalue weighted by Gasteiger charge is -2.00. The fraction of sp³-hybridized carbons (Fsp3) is 0.0769. The lowest BCUT2D eigenvalue weighted by molar-refractivity contribution is -0.671. The quantitative estimate of drug-likeness (QED) is 0.221. The van der Waals surface area contributed by atoms with Crippen molar-refractivity contribution >= 4 is 11.5 Å². The third-order valence-corrected chi connectivity index (χ3v) is 2.56. The molecule has 0 aliphatic carbocycles. The monoisotopic (exact) mass is 370 g/mol. The van der Waals surface area contributed by atoms with Crippen LogP contribution in [0.4, 0.5) is 5.69 Å². The van der Waals surface area contributed by atoms with E-state index < -0.39 is 4.92 Å². The number of ketones is 1. The number of hydrogen-bond donors (Lipinski definition) is 0. The van der Waals surface area contributed by atoms with Crippen LogP contribution in [0.1, 0.15) is 15.9 Å². The van der Waals surface area contributed by atoms with Gasteiger partial charge in [-0.3, -0.25) is 14.9 Å². The molecule has 1 aromatic heterocycles.